The van der Waals surface area contributed by atoms with Crippen LogP contribution < -0.4 is 5.32 Å². The van der Waals surface area contributed by atoms with Crippen LogP contribution in [0.25, 0.3) is 0 Å². The molecule has 86 valence electrons. The summed E-state index contributed by atoms with van der Waals surface area (Å²) >= 11 is 0.651. The molecule has 0 amide bonds. The van der Waals surface area contributed by atoms with Crippen LogP contribution in [0.15, 0.2) is 5.38 Å². The highest BCUT2D eigenvalue weighted by Crippen LogP contribution is 2.31. The summed E-state index contributed by atoms with van der Waals surface area (Å²) in [6.07, 6.45) is -3.78. The molecule has 15 heavy (non-hydrogen) atoms. The van der Waals surface area contributed by atoms with Gasteiger partial charge in [-0.05, 0) is 0 Å². The van der Waals surface area contributed by atoms with Crippen LogP contribution in [0.1, 0.15) is 24.5 Å². The molecule has 1 aromatic rings. The highest BCUT2D eigenvalue weighted by atomic mass is 32.1. The molecule has 0 saturated heterocycles. The first-order valence-electron chi connectivity index (χ1n) is 4.64. The fourth-order valence-corrected chi connectivity index (χ4v) is 1.76. The molecule has 0 saturated carbocycles. The maximum Gasteiger partial charge on any atom is 0.443 e. The molecular formula is C9H13F3N2S. The summed E-state index contributed by atoms with van der Waals surface area (Å²) in [6.45, 7) is 4.63. The van der Waals surface area contributed by atoms with Gasteiger partial charge in [0, 0.05) is 24.4 Å². The van der Waals surface area contributed by atoms with E-state index in [2.05, 4.69) is 10.3 Å². The number of alkyl halides is 3. The SMILES string of the molecule is CC(C)NCCc1csc(C(F)(F)F)n1. The second-order valence-electron chi connectivity index (χ2n) is 3.50. The number of nitrogens with one attached hydrogen (secondary N) is 1. The molecule has 0 aromatic carbocycles. The molecule has 0 aliphatic rings. The highest BCUT2D eigenvalue weighted by Gasteiger charge is 2.34. The maximum atomic E-state index is 12.2. The van der Waals surface area contributed by atoms with Crippen molar-refractivity contribution in [2.24, 2.45) is 0 Å². The third kappa shape index (κ3) is 4.17. The molecule has 0 unspecified atom stereocenters. The van der Waals surface area contributed by atoms with E-state index in [1.54, 1.807) is 0 Å². The summed E-state index contributed by atoms with van der Waals surface area (Å²) in [7, 11) is 0. The van der Waals surface area contributed by atoms with Crippen LogP contribution in [0.4, 0.5) is 13.2 Å². The van der Waals surface area contributed by atoms with E-state index in [4.69, 9.17) is 0 Å². The van der Waals surface area contributed by atoms with E-state index in [0.29, 0.717) is 36.0 Å². The first-order chi connectivity index (χ1) is 6.89. The van der Waals surface area contributed by atoms with Gasteiger partial charge in [-0.15, -0.1) is 11.3 Å². The molecule has 2 nitrogen and oxygen atoms in total. The zero-order chi connectivity index (χ0) is 11.5. The van der Waals surface area contributed by atoms with Crippen LogP contribution in [0.3, 0.4) is 0 Å². The van der Waals surface area contributed by atoms with Gasteiger partial charge in [0.05, 0.1) is 5.69 Å². The van der Waals surface area contributed by atoms with Crippen LogP contribution in [0.5, 0.6) is 0 Å². The number of halogens is 3. The Labute approximate surface area is 90.5 Å². The van der Waals surface area contributed by atoms with Gasteiger partial charge in [-0.3, -0.25) is 0 Å². The Hall–Kier alpha value is -0.620. The lowest BCUT2D eigenvalue weighted by atomic mass is 10.3. The van der Waals surface area contributed by atoms with Crippen LogP contribution in [0, 0.1) is 0 Å². The van der Waals surface area contributed by atoms with Crippen LogP contribution in [-0.4, -0.2) is 17.6 Å². The molecule has 1 aromatic heterocycles. The summed E-state index contributed by atoms with van der Waals surface area (Å²) in [5.74, 6) is 0. The van der Waals surface area contributed by atoms with E-state index in [9.17, 15) is 13.2 Å². The Bertz CT molecular complexity index is 307. The van der Waals surface area contributed by atoms with Gasteiger partial charge in [-0.1, -0.05) is 13.8 Å². The van der Waals surface area contributed by atoms with Gasteiger partial charge in [0.15, 0.2) is 5.01 Å². The Kier molecular flexibility index (Phi) is 4.10. The summed E-state index contributed by atoms with van der Waals surface area (Å²) in [5.41, 5.74) is 0.500. The van der Waals surface area contributed by atoms with Gasteiger partial charge < -0.3 is 5.32 Å². The Morgan fingerprint density at radius 3 is 2.60 bits per heavy atom. The van der Waals surface area contributed by atoms with Crippen LogP contribution in [-0.2, 0) is 12.6 Å². The summed E-state index contributed by atoms with van der Waals surface area (Å²) in [5, 5.41) is 3.83. The summed E-state index contributed by atoms with van der Waals surface area (Å²) in [4.78, 5) is 3.53. The molecular weight excluding hydrogens is 225 g/mol. The molecule has 1 rings (SSSR count). The molecule has 0 bridgehead atoms. The van der Waals surface area contributed by atoms with Crippen molar-refractivity contribution in [3.8, 4) is 0 Å². The van der Waals surface area contributed by atoms with Gasteiger partial charge in [-0.2, -0.15) is 13.2 Å². The topological polar surface area (TPSA) is 24.9 Å². The fraction of sp³-hybridized carbons (Fsp3) is 0.667. The molecule has 0 radical (unpaired) electrons. The van der Waals surface area contributed by atoms with Crippen molar-refractivity contribution in [2.75, 3.05) is 6.54 Å². The number of rotatable bonds is 4. The van der Waals surface area contributed by atoms with Crippen molar-refractivity contribution in [1.29, 1.82) is 0 Å². The highest BCUT2D eigenvalue weighted by molar-refractivity contribution is 7.09. The summed E-state index contributed by atoms with van der Waals surface area (Å²) < 4.78 is 36.6. The number of aromatic nitrogens is 1. The average Bonchev–Trinajstić information content (AvgIpc) is 2.51. The minimum atomic E-state index is -4.31. The molecule has 0 fully saturated rings. The number of thiazole rings is 1. The maximum absolute atomic E-state index is 12.2. The van der Waals surface area contributed by atoms with Crippen molar-refractivity contribution in [3.63, 3.8) is 0 Å². The van der Waals surface area contributed by atoms with Gasteiger partial charge in [-0.25, -0.2) is 4.98 Å². The smallest absolute Gasteiger partial charge is 0.314 e. The lowest BCUT2D eigenvalue weighted by Crippen LogP contribution is -2.25. The predicted molar refractivity (Wildman–Crippen MR) is 54.0 cm³/mol. The lowest BCUT2D eigenvalue weighted by Gasteiger charge is -2.05. The normalized spacial score (nSPS) is 12.4. The van der Waals surface area contributed by atoms with Gasteiger partial charge >= 0.3 is 6.18 Å². The van der Waals surface area contributed by atoms with Crippen molar-refractivity contribution in [2.45, 2.75) is 32.5 Å². The van der Waals surface area contributed by atoms with E-state index in [1.165, 1.54) is 5.38 Å². The van der Waals surface area contributed by atoms with Gasteiger partial charge in [0.1, 0.15) is 0 Å². The van der Waals surface area contributed by atoms with E-state index in [-0.39, 0.29) is 0 Å². The van der Waals surface area contributed by atoms with Gasteiger partial charge in [0.2, 0.25) is 0 Å². The lowest BCUT2D eigenvalue weighted by molar-refractivity contribution is -0.137. The van der Waals surface area contributed by atoms with E-state index < -0.39 is 11.2 Å². The van der Waals surface area contributed by atoms with E-state index in [0.717, 1.165) is 0 Å². The molecule has 1 N–H and O–H groups in total. The van der Waals surface area contributed by atoms with Crippen molar-refractivity contribution >= 4 is 11.3 Å². The van der Waals surface area contributed by atoms with Crippen molar-refractivity contribution in [1.82, 2.24) is 10.3 Å². The minimum absolute atomic E-state index is 0.339. The average molecular weight is 238 g/mol. The van der Waals surface area contributed by atoms with Gasteiger partial charge in [0.25, 0.3) is 0 Å². The molecule has 1 heterocycles. The molecule has 0 aliphatic carbocycles. The fourth-order valence-electron chi connectivity index (χ4n) is 1.04. The number of hydrogen-bond acceptors (Lipinski definition) is 3. The van der Waals surface area contributed by atoms with E-state index >= 15 is 0 Å². The first kappa shape index (κ1) is 12.4. The number of nitrogens with zero attached hydrogens (tertiary/aromatic N) is 1. The standard InChI is InChI=1S/C9H13F3N2S/c1-6(2)13-4-3-7-5-15-8(14-7)9(10,11)12/h5-6,13H,3-4H2,1-2H3. The van der Waals surface area contributed by atoms with Crippen LogP contribution >= 0.6 is 11.3 Å². The third-order valence-electron chi connectivity index (χ3n) is 1.73. The van der Waals surface area contributed by atoms with Crippen LogP contribution in [0.2, 0.25) is 0 Å². The summed E-state index contributed by atoms with van der Waals surface area (Å²) in [6, 6.07) is 0.339. The van der Waals surface area contributed by atoms with E-state index in [1.807, 2.05) is 13.8 Å². The zero-order valence-corrected chi connectivity index (χ0v) is 9.37. The second-order valence-corrected chi connectivity index (χ2v) is 4.36. The Morgan fingerprint density at radius 1 is 1.47 bits per heavy atom. The molecule has 0 atom stereocenters. The monoisotopic (exact) mass is 238 g/mol. The first-order valence-corrected chi connectivity index (χ1v) is 5.52. The van der Waals surface area contributed by atoms with Crippen molar-refractivity contribution < 1.29 is 13.2 Å². The third-order valence-corrected chi connectivity index (χ3v) is 2.66. The Morgan fingerprint density at radius 2 is 2.13 bits per heavy atom. The molecule has 0 aliphatic heterocycles. The minimum Gasteiger partial charge on any atom is -0.314 e. The molecule has 0 spiro atoms. The quantitative estimate of drug-likeness (QED) is 0.872. The van der Waals surface area contributed by atoms with Crippen molar-refractivity contribution in [3.05, 3.63) is 16.1 Å². The largest absolute Gasteiger partial charge is 0.443 e. The Balaban J connectivity index is 2.47. The zero-order valence-electron chi connectivity index (χ0n) is 8.56. The number of hydrogen-bond donors (Lipinski definition) is 1. The second kappa shape index (κ2) is 4.94. The molecule has 6 heteroatoms. The predicted octanol–water partition coefficient (Wildman–Crippen LogP) is 2.70.